The van der Waals surface area contributed by atoms with Gasteiger partial charge < -0.3 is 10.3 Å². The highest BCUT2D eigenvalue weighted by molar-refractivity contribution is 5.73. The summed E-state index contributed by atoms with van der Waals surface area (Å²) in [5.74, 6) is 7.86. The van der Waals surface area contributed by atoms with Gasteiger partial charge in [0.25, 0.3) is 5.89 Å². The molecule has 0 aliphatic heterocycles. The van der Waals surface area contributed by atoms with Crippen LogP contribution in [0, 0.1) is 25.7 Å². The maximum Gasteiger partial charge on any atom is 0.257 e. The molecule has 0 spiro atoms. The molecule has 31 heavy (non-hydrogen) atoms. The van der Waals surface area contributed by atoms with E-state index in [1.165, 1.54) is 0 Å². The van der Waals surface area contributed by atoms with Crippen molar-refractivity contribution in [1.82, 2.24) is 24.5 Å². The van der Waals surface area contributed by atoms with Gasteiger partial charge in [-0.1, -0.05) is 17.1 Å². The van der Waals surface area contributed by atoms with Crippen molar-refractivity contribution < 1.29 is 4.52 Å². The lowest BCUT2D eigenvalue weighted by Crippen LogP contribution is -1.98. The maximum absolute atomic E-state index is 5.96. The van der Waals surface area contributed by atoms with E-state index in [2.05, 4.69) is 31.9 Å². The number of nitrogens with two attached hydrogens (primary N) is 1. The SMILES string of the molecule is Cc1noc(-c2ccc(C#Cc3nc(N)ccc3-c3c(C)nc4ccccn34)cc2)n1. The number of fused-ring (bicyclic) bond motifs is 1. The van der Waals surface area contributed by atoms with Gasteiger partial charge in [0.05, 0.1) is 11.4 Å². The Kier molecular flexibility index (Phi) is 4.45. The van der Waals surface area contributed by atoms with E-state index in [0.717, 1.165) is 33.7 Å². The van der Waals surface area contributed by atoms with Gasteiger partial charge in [-0.25, -0.2) is 9.97 Å². The molecule has 2 N–H and O–H groups in total. The number of anilines is 1. The van der Waals surface area contributed by atoms with Crippen molar-refractivity contribution in [3.8, 4) is 34.6 Å². The fourth-order valence-corrected chi connectivity index (χ4v) is 3.44. The van der Waals surface area contributed by atoms with E-state index >= 15 is 0 Å². The summed E-state index contributed by atoms with van der Waals surface area (Å²) in [4.78, 5) is 13.4. The van der Waals surface area contributed by atoms with Crippen LogP contribution in [-0.2, 0) is 0 Å². The molecule has 7 heteroatoms. The zero-order chi connectivity index (χ0) is 21.4. The molecule has 1 aromatic carbocycles. The van der Waals surface area contributed by atoms with E-state index < -0.39 is 0 Å². The molecule has 7 nitrogen and oxygen atoms in total. The maximum atomic E-state index is 5.96. The van der Waals surface area contributed by atoms with Crippen LogP contribution >= 0.6 is 0 Å². The highest BCUT2D eigenvalue weighted by Crippen LogP contribution is 2.27. The normalized spacial score (nSPS) is 10.8. The van der Waals surface area contributed by atoms with Gasteiger partial charge in [-0.05, 0) is 68.3 Å². The first-order chi connectivity index (χ1) is 15.1. The lowest BCUT2D eigenvalue weighted by molar-refractivity contribution is 0.425. The molecule has 150 valence electrons. The quantitative estimate of drug-likeness (QED) is 0.445. The minimum atomic E-state index is 0.418. The van der Waals surface area contributed by atoms with Crippen molar-refractivity contribution in [2.45, 2.75) is 13.8 Å². The first-order valence-electron chi connectivity index (χ1n) is 9.72. The van der Waals surface area contributed by atoms with E-state index in [1.54, 1.807) is 13.0 Å². The van der Waals surface area contributed by atoms with Gasteiger partial charge in [0.15, 0.2) is 5.82 Å². The fourth-order valence-electron chi connectivity index (χ4n) is 3.44. The molecular weight excluding hydrogens is 388 g/mol. The van der Waals surface area contributed by atoms with E-state index in [4.69, 9.17) is 10.3 Å². The predicted molar refractivity (Wildman–Crippen MR) is 118 cm³/mol. The number of aryl methyl sites for hydroxylation is 2. The summed E-state index contributed by atoms with van der Waals surface area (Å²) < 4.78 is 7.24. The topological polar surface area (TPSA) is 95.1 Å². The van der Waals surface area contributed by atoms with Crippen molar-refractivity contribution in [2.75, 3.05) is 5.73 Å². The Morgan fingerprint density at radius 1 is 0.903 bits per heavy atom. The molecule has 0 radical (unpaired) electrons. The average Bonchev–Trinajstić information content (AvgIpc) is 3.35. The van der Waals surface area contributed by atoms with E-state index in [9.17, 15) is 0 Å². The summed E-state index contributed by atoms with van der Waals surface area (Å²) in [5.41, 5.74) is 11.9. The summed E-state index contributed by atoms with van der Waals surface area (Å²) in [5, 5.41) is 3.82. The highest BCUT2D eigenvalue weighted by Gasteiger charge is 2.14. The lowest BCUT2D eigenvalue weighted by Gasteiger charge is -2.06. The van der Waals surface area contributed by atoms with Crippen molar-refractivity contribution in [3.63, 3.8) is 0 Å². The van der Waals surface area contributed by atoms with Gasteiger partial charge in [-0.2, -0.15) is 4.98 Å². The molecular formula is C24H18N6O. The van der Waals surface area contributed by atoms with Crippen LogP contribution in [0.1, 0.15) is 22.8 Å². The lowest BCUT2D eigenvalue weighted by atomic mass is 10.1. The Morgan fingerprint density at radius 2 is 1.74 bits per heavy atom. The van der Waals surface area contributed by atoms with Gasteiger partial charge in [0.1, 0.15) is 17.2 Å². The smallest absolute Gasteiger partial charge is 0.257 e. The zero-order valence-corrected chi connectivity index (χ0v) is 17.0. The van der Waals surface area contributed by atoms with Crippen LogP contribution < -0.4 is 5.73 Å². The molecule has 0 saturated carbocycles. The molecule has 0 amide bonds. The minimum absolute atomic E-state index is 0.418. The Labute approximate surface area is 178 Å². The number of pyridine rings is 2. The van der Waals surface area contributed by atoms with Crippen LogP contribution in [0.4, 0.5) is 5.82 Å². The highest BCUT2D eigenvalue weighted by atomic mass is 16.5. The van der Waals surface area contributed by atoms with Gasteiger partial charge in [-0.3, -0.25) is 4.40 Å². The number of hydrogen-bond donors (Lipinski definition) is 1. The van der Waals surface area contributed by atoms with Crippen LogP contribution in [-0.4, -0.2) is 24.5 Å². The molecule has 4 aromatic heterocycles. The molecule has 0 bridgehead atoms. The van der Waals surface area contributed by atoms with Crippen molar-refractivity contribution in [2.24, 2.45) is 0 Å². The summed E-state index contributed by atoms with van der Waals surface area (Å²) in [6.45, 7) is 3.77. The van der Waals surface area contributed by atoms with Crippen LogP contribution in [0.25, 0.3) is 28.4 Å². The fraction of sp³-hybridized carbons (Fsp3) is 0.0833. The summed E-state index contributed by atoms with van der Waals surface area (Å²) in [6.07, 6.45) is 1.98. The second-order valence-electron chi connectivity index (χ2n) is 7.08. The molecule has 0 aliphatic rings. The first kappa shape index (κ1) is 18.6. The van der Waals surface area contributed by atoms with Crippen molar-refractivity contribution >= 4 is 11.5 Å². The Morgan fingerprint density at radius 3 is 2.52 bits per heavy atom. The van der Waals surface area contributed by atoms with Gasteiger partial charge in [0.2, 0.25) is 0 Å². The van der Waals surface area contributed by atoms with Crippen LogP contribution in [0.15, 0.2) is 65.3 Å². The van der Waals surface area contributed by atoms with E-state index in [-0.39, 0.29) is 0 Å². The van der Waals surface area contributed by atoms with Crippen LogP contribution in [0.2, 0.25) is 0 Å². The number of rotatable bonds is 2. The molecule has 5 rings (SSSR count). The Bertz CT molecular complexity index is 1470. The molecule has 5 aromatic rings. The number of nitrogen functional groups attached to an aromatic ring is 1. The second-order valence-corrected chi connectivity index (χ2v) is 7.08. The molecule has 4 heterocycles. The number of hydrogen-bond acceptors (Lipinski definition) is 6. The molecule has 0 aliphatic carbocycles. The summed E-state index contributed by atoms with van der Waals surface area (Å²) in [6, 6.07) is 17.3. The molecule has 0 saturated heterocycles. The monoisotopic (exact) mass is 406 g/mol. The summed E-state index contributed by atoms with van der Waals surface area (Å²) in [7, 11) is 0. The number of benzene rings is 1. The van der Waals surface area contributed by atoms with Crippen molar-refractivity contribution in [3.05, 3.63) is 83.6 Å². The first-order valence-corrected chi connectivity index (χ1v) is 9.72. The van der Waals surface area contributed by atoms with E-state index in [1.807, 2.05) is 66.1 Å². The standard InChI is InChI=1S/C24H18N6O/c1-15-23(30-14-4-3-5-22(30)26-15)19-11-13-21(25)28-20(19)12-8-17-6-9-18(10-7-17)24-27-16(2)29-31-24/h3-7,9-11,13-14H,1-2H3,(H2,25,28). The molecule has 0 unspecified atom stereocenters. The largest absolute Gasteiger partial charge is 0.384 e. The van der Waals surface area contributed by atoms with Crippen LogP contribution in [0.5, 0.6) is 0 Å². The zero-order valence-electron chi connectivity index (χ0n) is 17.0. The summed E-state index contributed by atoms with van der Waals surface area (Å²) >= 11 is 0. The third kappa shape index (κ3) is 3.51. The number of imidazole rings is 1. The van der Waals surface area contributed by atoms with Crippen molar-refractivity contribution in [1.29, 1.82) is 0 Å². The third-order valence-corrected chi connectivity index (χ3v) is 4.86. The van der Waals surface area contributed by atoms with Gasteiger partial charge in [0, 0.05) is 22.9 Å². The predicted octanol–water partition coefficient (Wildman–Crippen LogP) is 4.05. The minimum Gasteiger partial charge on any atom is -0.384 e. The molecule has 0 atom stereocenters. The average molecular weight is 406 g/mol. The van der Waals surface area contributed by atoms with Gasteiger partial charge >= 0.3 is 0 Å². The molecule has 0 fully saturated rings. The third-order valence-electron chi connectivity index (χ3n) is 4.86. The number of aromatic nitrogens is 5. The van der Waals surface area contributed by atoms with E-state index in [0.29, 0.717) is 23.2 Å². The van der Waals surface area contributed by atoms with Crippen LogP contribution in [0.3, 0.4) is 0 Å². The Balaban J connectivity index is 1.55. The Hall–Kier alpha value is -4.44. The number of nitrogens with zero attached hydrogens (tertiary/aromatic N) is 5. The second kappa shape index (κ2) is 7.43. The van der Waals surface area contributed by atoms with Gasteiger partial charge in [-0.15, -0.1) is 0 Å².